The Kier molecular flexibility index (Phi) is 8.47. The molecule has 3 aliphatic rings. The van der Waals surface area contributed by atoms with Gasteiger partial charge in [-0.2, -0.15) is 0 Å². The zero-order valence-corrected chi connectivity index (χ0v) is 35.5. The summed E-state index contributed by atoms with van der Waals surface area (Å²) in [5, 5.41) is 0. The summed E-state index contributed by atoms with van der Waals surface area (Å²) in [6.07, 6.45) is 4.59. The molecule has 0 fully saturated rings. The van der Waals surface area contributed by atoms with E-state index < -0.39 is 5.41 Å². The highest BCUT2D eigenvalue weighted by Crippen LogP contribution is 2.59. The van der Waals surface area contributed by atoms with Crippen LogP contribution in [0.4, 0.5) is 17.1 Å². The van der Waals surface area contributed by atoms with Crippen LogP contribution in [-0.4, -0.2) is 0 Å². The Labute approximate surface area is 379 Å². The molecule has 0 radical (unpaired) electrons. The van der Waals surface area contributed by atoms with Gasteiger partial charge in [0.1, 0.15) is 5.75 Å². The van der Waals surface area contributed by atoms with E-state index in [1.54, 1.807) is 0 Å². The van der Waals surface area contributed by atoms with Crippen molar-refractivity contribution in [2.24, 2.45) is 0 Å². The van der Waals surface area contributed by atoms with Gasteiger partial charge in [-0.05, 0) is 120 Å². The minimum absolute atomic E-state index is 0.483. The molecule has 0 amide bonds. The van der Waals surface area contributed by atoms with E-state index in [0.29, 0.717) is 0 Å². The van der Waals surface area contributed by atoms with Crippen LogP contribution >= 0.6 is 0 Å². The second-order valence-corrected chi connectivity index (χ2v) is 17.2. The molecule has 2 heteroatoms. The van der Waals surface area contributed by atoms with Gasteiger partial charge < -0.3 is 9.64 Å². The Balaban J connectivity index is 0.971. The maximum atomic E-state index is 7.06. The standard InChI is InChI=1S/C63H41NO/c1-2-15-42(16-3-1)43-31-36-48(37-32-43)64(60-27-14-23-55-51-20-7-6-19-50(51)54-22-9-13-28-61(54)65-62(55)60)49-38-33-44(34-39-49)47-35-40-53-52-21-8-12-26-58(52)63(59(53)41-47)56-24-10-4-17-45(56)29-30-46-18-5-11-25-57(46)63/h1-41H. The summed E-state index contributed by atoms with van der Waals surface area (Å²) in [6.45, 7) is 0. The molecule has 10 aromatic carbocycles. The van der Waals surface area contributed by atoms with Gasteiger partial charge >= 0.3 is 0 Å². The highest BCUT2D eigenvalue weighted by molar-refractivity contribution is 5.96. The topological polar surface area (TPSA) is 12.5 Å². The summed E-state index contributed by atoms with van der Waals surface area (Å²) >= 11 is 0. The monoisotopic (exact) mass is 827 g/mol. The number of nitrogens with zero attached hydrogens (tertiary/aromatic N) is 1. The third kappa shape index (κ3) is 5.74. The van der Waals surface area contributed by atoms with Crippen LogP contribution in [0.15, 0.2) is 237 Å². The summed E-state index contributed by atoms with van der Waals surface area (Å²) in [5.74, 6) is 1.66. The van der Waals surface area contributed by atoms with Crippen molar-refractivity contribution in [1.29, 1.82) is 0 Å². The molecule has 2 nitrogen and oxygen atoms in total. The highest BCUT2D eigenvalue weighted by atomic mass is 16.5. The van der Waals surface area contributed by atoms with Crippen LogP contribution in [0, 0.1) is 0 Å². The average Bonchev–Trinajstić information content (AvgIpc) is 3.46. The van der Waals surface area contributed by atoms with E-state index in [0.717, 1.165) is 56.4 Å². The van der Waals surface area contributed by atoms with Gasteiger partial charge in [0.05, 0.1) is 11.1 Å². The minimum atomic E-state index is -0.483. The lowest BCUT2D eigenvalue weighted by atomic mass is 9.66. The Morgan fingerprint density at radius 2 is 0.785 bits per heavy atom. The molecule has 0 N–H and O–H groups in total. The van der Waals surface area contributed by atoms with Crippen LogP contribution in [0.1, 0.15) is 33.4 Å². The van der Waals surface area contributed by atoms with E-state index in [-0.39, 0.29) is 0 Å². The van der Waals surface area contributed by atoms with Gasteiger partial charge in [-0.1, -0.05) is 206 Å². The lowest BCUT2D eigenvalue weighted by molar-refractivity contribution is 0.489. The first-order chi connectivity index (χ1) is 32.2. The molecule has 13 rings (SSSR count). The molecule has 0 bridgehead atoms. The molecule has 1 heterocycles. The maximum absolute atomic E-state index is 7.06. The molecule has 65 heavy (non-hydrogen) atoms. The molecule has 1 spiro atoms. The SMILES string of the molecule is C1=Cc2ccccc2C2(c3ccccc31)c1ccccc1-c1ccc(-c3ccc(N(c4ccc(-c5ccccc5)cc4)c4cccc5c4Oc4ccccc4-c4ccccc4-5)cc3)cc12. The van der Waals surface area contributed by atoms with E-state index in [1.165, 1.54) is 61.2 Å². The van der Waals surface area contributed by atoms with Crippen LogP contribution in [0.3, 0.4) is 0 Å². The molecule has 1 aliphatic heterocycles. The third-order valence-corrected chi connectivity index (χ3v) is 13.7. The fourth-order valence-electron chi connectivity index (χ4n) is 10.9. The van der Waals surface area contributed by atoms with E-state index in [1.807, 2.05) is 0 Å². The van der Waals surface area contributed by atoms with Crippen molar-refractivity contribution in [2.45, 2.75) is 5.41 Å². The minimum Gasteiger partial charge on any atom is -0.454 e. The highest BCUT2D eigenvalue weighted by Gasteiger charge is 2.48. The average molecular weight is 828 g/mol. The zero-order valence-electron chi connectivity index (χ0n) is 35.5. The second-order valence-electron chi connectivity index (χ2n) is 17.2. The molecule has 304 valence electrons. The number of fused-ring (bicyclic) bond motifs is 14. The first-order valence-electron chi connectivity index (χ1n) is 22.4. The Morgan fingerprint density at radius 1 is 0.308 bits per heavy atom. The summed E-state index contributed by atoms with van der Waals surface area (Å²) in [5.41, 5.74) is 22.0. The lowest BCUT2D eigenvalue weighted by Gasteiger charge is -2.35. The molecule has 0 saturated heterocycles. The number of anilines is 3. The van der Waals surface area contributed by atoms with Crippen LogP contribution in [0.5, 0.6) is 11.5 Å². The van der Waals surface area contributed by atoms with Crippen molar-refractivity contribution in [3.63, 3.8) is 0 Å². The summed E-state index contributed by atoms with van der Waals surface area (Å²) < 4.78 is 7.06. The first-order valence-corrected chi connectivity index (χ1v) is 22.4. The van der Waals surface area contributed by atoms with E-state index in [2.05, 4.69) is 254 Å². The van der Waals surface area contributed by atoms with Crippen LogP contribution in [0.25, 0.3) is 67.8 Å². The molecule has 10 aromatic rings. The maximum Gasteiger partial charge on any atom is 0.159 e. The predicted octanol–water partition coefficient (Wildman–Crippen LogP) is 16.8. The molecule has 0 unspecified atom stereocenters. The third-order valence-electron chi connectivity index (χ3n) is 13.7. The summed E-state index contributed by atoms with van der Waals surface area (Å²) in [4.78, 5) is 2.34. The van der Waals surface area contributed by atoms with Gasteiger partial charge in [0.25, 0.3) is 0 Å². The number of ether oxygens (including phenoxy) is 1. The smallest absolute Gasteiger partial charge is 0.159 e. The number of rotatable bonds is 5. The van der Waals surface area contributed by atoms with Crippen LogP contribution in [-0.2, 0) is 5.41 Å². The second kappa shape index (κ2) is 14.8. The number of benzene rings is 10. The molecule has 0 atom stereocenters. The largest absolute Gasteiger partial charge is 0.454 e. The van der Waals surface area contributed by atoms with Crippen molar-refractivity contribution in [2.75, 3.05) is 4.90 Å². The zero-order chi connectivity index (χ0) is 42.9. The van der Waals surface area contributed by atoms with Crippen molar-refractivity contribution >= 4 is 29.2 Å². The van der Waals surface area contributed by atoms with Crippen molar-refractivity contribution in [3.05, 3.63) is 270 Å². The van der Waals surface area contributed by atoms with E-state index >= 15 is 0 Å². The van der Waals surface area contributed by atoms with Crippen molar-refractivity contribution in [3.8, 4) is 67.1 Å². The molecule has 2 aliphatic carbocycles. The molecular formula is C63H41NO. The van der Waals surface area contributed by atoms with Gasteiger partial charge in [-0.15, -0.1) is 0 Å². The summed E-state index contributed by atoms with van der Waals surface area (Å²) in [6, 6.07) is 86.1. The Bertz CT molecular complexity index is 3460. The first kappa shape index (κ1) is 37.1. The number of hydrogen-bond donors (Lipinski definition) is 0. The van der Waals surface area contributed by atoms with Gasteiger partial charge in [0.2, 0.25) is 0 Å². The number of para-hydroxylation sites is 2. The van der Waals surface area contributed by atoms with Gasteiger partial charge in [-0.3, -0.25) is 0 Å². The normalized spacial score (nSPS) is 13.1. The Hall–Kier alpha value is -8.46. The fraction of sp³-hybridized carbons (Fsp3) is 0.0159. The van der Waals surface area contributed by atoms with Gasteiger partial charge in [-0.25, -0.2) is 0 Å². The predicted molar refractivity (Wildman–Crippen MR) is 269 cm³/mol. The van der Waals surface area contributed by atoms with E-state index in [4.69, 9.17) is 4.74 Å². The van der Waals surface area contributed by atoms with Crippen molar-refractivity contribution < 1.29 is 4.74 Å². The fourth-order valence-corrected chi connectivity index (χ4v) is 10.9. The van der Waals surface area contributed by atoms with E-state index in [9.17, 15) is 0 Å². The summed E-state index contributed by atoms with van der Waals surface area (Å²) in [7, 11) is 0. The lowest BCUT2D eigenvalue weighted by Crippen LogP contribution is -2.29. The number of hydrogen-bond acceptors (Lipinski definition) is 2. The molecular weight excluding hydrogens is 787 g/mol. The van der Waals surface area contributed by atoms with Crippen molar-refractivity contribution in [1.82, 2.24) is 0 Å². The Morgan fingerprint density at radius 3 is 1.46 bits per heavy atom. The molecule has 0 saturated carbocycles. The molecule has 0 aromatic heterocycles. The quantitative estimate of drug-likeness (QED) is 0.171. The van der Waals surface area contributed by atoms with Gasteiger partial charge in [0, 0.05) is 22.5 Å². The van der Waals surface area contributed by atoms with Crippen LogP contribution in [0.2, 0.25) is 0 Å². The van der Waals surface area contributed by atoms with Crippen LogP contribution < -0.4 is 9.64 Å². The van der Waals surface area contributed by atoms with Gasteiger partial charge in [0.15, 0.2) is 5.75 Å².